The van der Waals surface area contributed by atoms with E-state index in [1.54, 1.807) is 0 Å². The summed E-state index contributed by atoms with van der Waals surface area (Å²) >= 11 is 1.82. The van der Waals surface area contributed by atoms with Crippen LogP contribution in [0.4, 0.5) is 0 Å². The molecule has 0 saturated carbocycles. The van der Waals surface area contributed by atoms with Crippen molar-refractivity contribution < 1.29 is 0 Å². The lowest BCUT2D eigenvalue weighted by molar-refractivity contribution is 0.105. The maximum absolute atomic E-state index is 4.52. The summed E-state index contributed by atoms with van der Waals surface area (Å²) in [7, 11) is 0. The van der Waals surface area contributed by atoms with Gasteiger partial charge in [-0.25, -0.2) is 4.98 Å². The van der Waals surface area contributed by atoms with Crippen molar-refractivity contribution in [2.75, 3.05) is 19.6 Å². The van der Waals surface area contributed by atoms with Gasteiger partial charge in [-0.1, -0.05) is 6.92 Å². The monoisotopic (exact) mass is 253 g/mol. The van der Waals surface area contributed by atoms with Gasteiger partial charge in [0.25, 0.3) is 0 Å². The molecule has 0 bridgehead atoms. The number of piperazine rings is 1. The Hall–Kier alpha value is -0.450. The Morgan fingerprint density at radius 2 is 2.41 bits per heavy atom. The molecule has 2 unspecified atom stereocenters. The van der Waals surface area contributed by atoms with Crippen molar-refractivity contribution >= 4 is 11.3 Å². The first-order chi connectivity index (χ1) is 8.04. The van der Waals surface area contributed by atoms with E-state index < -0.39 is 0 Å². The molecule has 1 saturated heterocycles. The van der Waals surface area contributed by atoms with Gasteiger partial charge in [-0.3, -0.25) is 4.90 Å². The van der Waals surface area contributed by atoms with Crippen LogP contribution in [0, 0.1) is 6.92 Å². The number of hydrogen-bond acceptors (Lipinski definition) is 4. The molecule has 3 nitrogen and oxygen atoms in total. The quantitative estimate of drug-likeness (QED) is 0.897. The summed E-state index contributed by atoms with van der Waals surface area (Å²) in [4.78, 5) is 8.38. The van der Waals surface area contributed by atoms with Crippen LogP contribution >= 0.6 is 11.3 Å². The predicted molar refractivity (Wildman–Crippen MR) is 73.5 cm³/mol. The zero-order valence-electron chi connectivity index (χ0n) is 11.3. The third-order valence-corrected chi connectivity index (χ3v) is 4.91. The Kier molecular flexibility index (Phi) is 3.85. The lowest BCUT2D eigenvalue weighted by Gasteiger charge is -2.43. The van der Waals surface area contributed by atoms with Gasteiger partial charge < -0.3 is 5.32 Å². The van der Waals surface area contributed by atoms with Gasteiger partial charge in [0.1, 0.15) is 5.01 Å². The molecule has 1 N–H and O–H groups in total. The van der Waals surface area contributed by atoms with Gasteiger partial charge in [-0.05, 0) is 27.2 Å². The van der Waals surface area contributed by atoms with E-state index in [2.05, 4.69) is 42.9 Å². The van der Waals surface area contributed by atoms with Crippen molar-refractivity contribution in [3.8, 4) is 0 Å². The maximum atomic E-state index is 4.52. The molecule has 1 aromatic rings. The van der Waals surface area contributed by atoms with Crippen LogP contribution in [0.3, 0.4) is 0 Å². The molecule has 0 radical (unpaired) electrons. The van der Waals surface area contributed by atoms with Gasteiger partial charge >= 0.3 is 0 Å². The van der Waals surface area contributed by atoms with Gasteiger partial charge in [-0.2, -0.15) is 0 Å². The fourth-order valence-electron chi connectivity index (χ4n) is 2.37. The minimum absolute atomic E-state index is 0.263. The predicted octanol–water partition coefficient (Wildman–Crippen LogP) is 2.59. The summed E-state index contributed by atoms with van der Waals surface area (Å²) in [6, 6.07) is 0.446. The Morgan fingerprint density at radius 1 is 1.65 bits per heavy atom. The standard InChI is InChI=1S/C13H23N3S/c1-5-13(4)9-16(7-6-15-13)11(3)12-14-8-10(2)17-12/h8,11,15H,5-7,9H2,1-4H3. The fourth-order valence-corrected chi connectivity index (χ4v) is 3.23. The molecular weight excluding hydrogens is 230 g/mol. The molecule has 0 amide bonds. The van der Waals surface area contributed by atoms with Crippen molar-refractivity contribution in [3.05, 3.63) is 16.1 Å². The fraction of sp³-hybridized carbons (Fsp3) is 0.769. The molecule has 1 aliphatic heterocycles. The molecule has 2 rings (SSSR count). The summed E-state index contributed by atoms with van der Waals surface area (Å²) < 4.78 is 0. The van der Waals surface area contributed by atoms with Crippen LogP contribution in [0.15, 0.2) is 6.20 Å². The molecule has 2 heterocycles. The maximum Gasteiger partial charge on any atom is 0.110 e. The number of aryl methyl sites for hydroxylation is 1. The van der Waals surface area contributed by atoms with Crippen LogP contribution in [0.5, 0.6) is 0 Å². The Morgan fingerprint density at radius 3 is 3.00 bits per heavy atom. The number of nitrogens with one attached hydrogen (secondary N) is 1. The highest BCUT2D eigenvalue weighted by Gasteiger charge is 2.31. The normalized spacial score (nSPS) is 28.2. The Labute approximate surface area is 108 Å². The highest BCUT2D eigenvalue weighted by Crippen LogP contribution is 2.27. The van der Waals surface area contributed by atoms with Crippen molar-refractivity contribution in [2.45, 2.75) is 45.7 Å². The molecule has 4 heteroatoms. The number of hydrogen-bond donors (Lipinski definition) is 1. The average Bonchev–Trinajstić information content (AvgIpc) is 2.75. The molecule has 1 aliphatic rings. The van der Waals surface area contributed by atoms with Crippen LogP contribution in [-0.4, -0.2) is 35.1 Å². The second-order valence-electron chi connectivity index (χ2n) is 5.30. The zero-order chi connectivity index (χ0) is 12.5. The summed E-state index contributed by atoms with van der Waals surface area (Å²) in [5.41, 5.74) is 0.263. The number of rotatable bonds is 3. The van der Waals surface area contributed by atoms with E-state index in [0.717, 1.165) is 19.6 Å². The first-order valence-electron chi connectivity index (χ1n) is 6.45. The molecule has 0 aromatic carbocycles. The lowest BCUT2D eigenvalue weighted by Crippen LogP contribution is -2.58. The van der Waals surface area contributed by atoms with Crippen LogP contribution < -0.4 is 5.32 Å². The zero-order valence-corrected chi connectivity index (χ0v) is 12.1. The topological polar surface area (TPSA) is 28.2 Å². The van der Waals surface area contributed by atoms with Crippen LogP contribution in [-0.2, 0) is 0 Å². The van der Waals surface area contributed by atoms with Crippen molar-refractivity contribution in [1.29, 1.82) is 0 Å². The van der Waals surface area contributed by atoms with Gasteiger partial charge in [0.15, 0.2) is 0 Å². The molecule has 1 fully saturated rings. The van der Waals surface area contributed by atoms with Crippen LogP contribution in [0.1, 0.15) is 43.1 Å². The van der Waals surface area contributed by atoms with Crippen molar-refractivity contribution in [2.24, 2.45) is 0 Å². The lowest BCUT2D eigenvalue weighted by atomic mass is 9.95. The van der Waals surface area contributed by atoms with E-state index in [-0.39, 0.29) is 5.54 Å². The first-order valence-corrected chi connectivity index (χ1v) is 7.27. The van der Waals surface area contributed by atoms with Gasteiger partial charge in [0.2, 0.25) is 0 Å². The number of nitrogens with zero attached hydrogens (tertiary/aromatic N) is 2. The van der Waals surface area contributed by atoms with E-state index in [4.69, 9.17) is 0 Å². The molecular formula is C13H23N3S. The smallest absolute Gasteiger partial charge is 0.110 e. The van der Waals surface area contributed by atoms with E-state index >= 15 is 0 Å². The third kappa shape index (κ3) is 2.87. The van der Waals surface area contributed by atoms with Gasteiger partial charge in [0.05, 0.1) is 6.04 Å². The minimum Gasteiger partial charge on any atom is -0.309 e. The van der Waals surface area contributed by atoms with Crippen LogP contribution in [0.25, 0.3) is 0 Å². The van der Waals surface area contributed by atoms with E-state index in [0.29, 0.717) is 6.04 Å². The molecule has 96 valence electrons. The molecule has 0 aliphatic carbocycles. The second kappa shape index (κ2) is 5.04. The molecule has 0 spiro atoms. The molecule has 17 heavy (non-hydrogen) atoms. The number of thiazole rings is 1. The van der Waals surface area contributed by atoms with E-state index in [1.807, 2.05) is 17.5 Å². The van der Waals surface area contributed by atoms with E-state index in [9.17, 15) is 0 Å². The summed E-state index contributed by atoms with van der Waals surface area (Å²) in [6.45, 7) is 12.3. The van der Waals surface area contributed by atoms with Gasteiger partial charge in [-0.15, -0.1) is 11.3 Å². The first kappa shape index (κ1) is 13.0. The van der Waals surface area contributed by atoms with Crippen molar-refractivity contribution in [1.82, 2.24) is 15.2 Å². The van der Waals surface area contributed by atoms with Crippen molar-refractivity contribution in [3.63, 3.8) is 0 Å². The molecule has 1 aromatic heterocycles. The minimum atomic E-state index is 0.263. The summed E-state index contributed by atoms with van der Waals surface area (Å²) in [5, 5.41) is 4.88. The molecule has 2 atom stereocenters. The van der Waals surface area contributed by atoms with E-state index in [1.165, 1.54) is 16.3 Å². The largest absolute Gasteiger partial charge is 0.309 e. The number of aromatic nitrogens is 1. The third-order valence-electron chi connectivity index (χ3n) is 3.83. The average molecular weight is 253 g/mol. The second-order valence-corrected chi connectivity index (χ2v) is 6.56. The summed E-state index contributed by atoms with van der Waals surface area (Å²) in [6.07, 6.45) is 3.16. The highest BCUT2D eigenvalue weighted by molar-refractivity contribution is 7.11. The Balaban J connectivity index is 2.07. The highest BCUT2D eigenvalue weighted by atomic mass is 32.1. The van der Waals surface area contributed by atoms with Crippen LogP contribution in [0.2, 0.25) is 0 Å². The Bertz CT molecular complexity index is 376. The SMILES string of the molecule is CCC1(C)CN(C(C)c2ncc(C)s2)CCN1. The van der Waals surface area contributed by atoms with Gasteiger partial charge in [0, 0.05) is 36.2 Å². The summed E-state index contributed by atoms with van der Waals surface area (Å²) in [5.74, 6) is 0.